The molecule has 0 spiro atoms. The molecule has 0 atom stereocenters. The van der Waals surface area contributed by atoms with E-state index < -0.39 is 0 Å². The van der Waals surface area contributed by atoms with E-state index in [4.69, 9.17) is 0 Å². The van der Waals surface area contributed by atoms with Crippen molar-refractivity contribution in [2.45, 2.75) is 6.54 Å². The lowest BCUT2D eigenvalue weighted by Gasteiger charge is -2.19. The molecule has 2 aromatic carbocycles. The monoisotopic (exact) mass is 244 g/mol. The van der Waals surface area contributed by atoms with Crippen LogP contribution in [0.2, 0.25) is 0 Å². The topological polar surface area (TPSA) is 15.3 Å². The number of nitrogens with one attached hydrogen (secondary N) is 1. The minimum absolute atomic E-state index is 0.205. The van der Waals surface area contributed by atoms with Gasteiger partial charge in [-0.05, 0) is 35.9 Å². The molecule has 0 saturated heterocycles. The number of nitrogens with zero attached hydrogens (tertiary/aromatic N) is 1. The van der Waals surface area contributed by atoms with E-state index in [9.17, 15) is 4.39 Å². The Morgan fingerprint density at radius 2 is 1.89 bits per heavy atom. The number of hydrogen-bond donors (Lipinski definition) is 1. The fourth-order valence-electron chi connectivity index (χ4n) is 1.90. The zero-order valence-electron chi connectivity index (χ0n) is 10.7. The summed E-state index contributed by atoms with van der Waals surface area (Å²) in [4.78, 5) is 2.03. The summed E-state index contributed by atoms with van der Waals surface area (Å²) in [6, 6.07) is 14.8. The van der Waals surface area contributed by atoms with Crippen molar-refractivity contribution in [2.24, 2.45) is 0 Å². The van der Waals surface area contributed by atoms with Gasteiger partial charge in [0.2, 0.25) is 0 Å². The van der Waals surface area contributed by atoms with Gasteiger partial charge in [-0.2, -0.15) is 0 Å². The molecule has 0 aromatic heterocycles. The Bertz CT molecular complexity index is 525. The molecule has 0 unspecified atom stereocenters. The van der Waals surface area contributed by atoms with Gasteiger partial charge in [0.05, 0.1) is 0 Å². The van der Waals surface area contributed by atoms with Crippen LogP contribution in [-0.2, 0) is 6.54 Å². The standard InChI is InChI=1S/C15H17FN2/c1-17-14-7-3-5-12(9-14)11-18(2)15-8-4-6-13(16)10-15/h3-10,17H,11H2,1-2H3. The van der Waals surface area contributed by atoms with E-state index >= 15 is 0 Å². The van der Waals surface area contributed by atoms with E-state index in [1.807, 2.05) is 37.2 Å². The molecule has 0 amide bonds. The van der Waals surface area contributed by atoms with Crippen molar-refractivity contribution in [3.8, 4) is 0 Å². The lowest BCUT2D eigenvalue weighted by Crippen LogP contribution is -2.16. The summed E-state index contributed by atoms with van der Waals surface area (Å²) in [5.74, 6) is -0.205. The summed E-state index contributed by atoms with van der Waals surface area (Å²) in [6.45, 7) is 0.749. The third-order valence-electron chi connectivity index (χ3n) is 2.88. The van der Waals surface area contributed by atoms with Gasteiger partial charge < -0.3 is 10.2 Å². The third-order valence-corrected chi connectivity index (χ3v) is 2.88. The molecule has 0 aliphatic carbocycles. The van der Waals surface area contributed by atoms with E-state index in [-0.39, 0.29) is 5.82 Å². The van der Waals surface area contributed by atoms with Gasteiger partial charge in [-0.25, -0.2) is 4.39 Å². The minimum atomic E-state index is -0.205. The summed E-state index contributed by atoms with van der Waals surface area (Å²) in [6.07, 6.45) is 0. The first-order valence-corrected chi connectivity index (χ1v) is 5.92. The summed E-state index contributed by atoms with van der Waals surface area (Å²) in [5, 5.41) is 3.11. The number of anilines is 2. The molecule has 0 fully saturated rings. The largest absolute Gasteiger partial charge is 0.388 e. The second kappa shape index (κ2) is 5.54. The first-order chi connectivity index (χ1) is 8.69. The van der Waals surface area contributed by atoms with Crippen molar-refractivity contribution in [1.29, 1.82) is 0 Å². The molecule has 0 bridgehead atoms. The van der Waals surface area contributed by atoms with Crippen molar-refractivity contribution in [2.75, 3.05) is 24.3 Å². The van der Waals surface area contributed by atoms with Gasteiger partial charge in [-0.3, -0.25) is 0 Å². The van der Waals surface area contributed by atoms with Crippen LogP contribution >= 0.6 is 0 Å². The molecule has 2 aromatic rings. The Labute approximate surface area is 107 Å². The fourth-order valence-corrected chi connectivity index (χ4v) is 1.90. The van der Waals surface area contributed by atoms with Crippen LogP contribution in [0.15, 0.2) is 48.5 Å². The smallest absolute Gasteiger partial charge is 0.125 e. The average molecular weight is 244 g/mol. The molecular formula is C15H17FN2. The van der Waals surface area contributed by atoms with Crippen molar-refractivity contribution >= 4 is 11.4 Å². The molecule has 0 aliphatic rings. The molecule has 3 heteroatoms. The van der Waals surface area contributed by atoms with E-state index in [1.54, 1.807) is 12.1 Å². The van der Waals surface area contributed by atoms with Crippen LogP contribution in [0.25, 0.3) is 0 Å². The Balaban J connectivity index is 2.13. The second-order valence-electron chi connectivity index (χ2n) is 4.29. The van der Waals surface area contributed by atoms with Gasteiger partial charge in [0.25, 0.3) is 0 Å². The average Bonchev–Trinajstić information content (AvgIpc) is 2.39. The van der Waals surface area contributed by atoms with E-state index in [0.717, 1.165) is 17.9 Å². The zero-order valence-corrected chi connectivity index (χ0v) is 10.7. The first kappa shape index (κ1) is 12.4. The molecule has 0 saturated carbocycles. The van der Waals surface area contributed by atoms with Gasteiger partial charge in [0.15, 0.2) is 0 Å². The quantitative estimate of drug-likeness (QED) is 0.885. The predicted molar refractivity (Wildman–Crippen MR) is 74.5 cm³/mol. The van der Waals surface area contributed by atoms with Crippen LogP contribution < -0.4 is 10.2 Å². The fraction of sp³-hybridized carbons (Fsp3) is 0.200. The van der Waals surface area contributed by atoms with Crippen LogP contribution in [0.1, 0.15) is 5.56 Å². The van der Waals surface area contributed by atoms with Crippen LogP contribution in [-0.4, -0.2) is 14.1 Å². The molecule has 0 heterocycles. The van der Waals surface area contributed by atoms with Gasteiger partial charge in [0.1, 0.15) is 5.82 Å². The van der Waals surface area contributed by atoms with E-state index in [2.05, 4.69) is 17.4 Å². The highest BCUT2D eigenvalue weighted by atomic mass is 19.1. The van der Waals surface area contributed by atoms with Gasteiger partial charge in [-0.15, -0.1) is 0 Å². The van der Waals surface area contributed by atoms with Crippen molar-refractivity contribution in [3.63, 3.8) is 0 Å². The third kappa shape index (κ3) is 3.00. The van der Waals surface area contributed by atoms with E-state index in [0.29, 0.717) is 0 Å². The summed E-state index contributed by atoms with van der Waals surface area (Å²) in [7, 11) is 3.86. The first-order valence-electron chi connectivity index (χ1n) is 5.92. The zero-order chi connectivity index (χ0) is 13.0. The highest BCUT2D eigenvalue weighted by Gasteiger charge is 2.03. The molecule has 2 rings (SSSR count). The highest BCUT2D eigenvalue weighted by Crippen LogP contribution is 2.18. The van der Waals surface area contributed by atoms with Gasteiger partial charge in [-0.1, -0.05) is 18.2 Å². The molecule has 94 valence electrons. The Kier molecular flexibility index (Phi) is 3.82. The van der Waals surface area contributed by atoms with Crippen molar-refractivity contribution in [1.82, 2.24) is 0 Å². The van der Waals surface area contributed by atoms with Gasteiger partial charge >= 0.3 is 0 Å². The molecule has 2 nitrogen and oxygen atoms in total. The number of benzene rings is 2. The molecule has 0 radical (unpaired) electrons. The van der Waals surface area contributed by atoms with Crippen LogP contribution in [0.5, 0.6) is 0 Å². The maximum absolute atomic E-state index is 13.1. The van der Waals surface area contributed by atoms with Crippen molar-refractivity contribution < 1.29 is 4.39 Å². The number of hydrogen-bond acceptors (Lipinski definition) is 2. The molecular weight excluding hydrogens is 227 g/mol. The highest BCUT2D eigenvalue weighted by molar-refractivity contribution is 5.49. The second-order valence-corrected chi connectivity index (χ2v) is 4.29. The lowest BCUT2D eigenvalue weighted by atomic mass is 10.2. The number of rotatable bonds is 4. The Hall–Kier alpha value is -2.03. The molecule has 0 aliphatic heterocycles. The molecule has 1 N–H and O–H groups in total. The normalized spacial score (nSPS) is 10.2. The van der Waals surface area contributed by atoms with E-state index in [1.165, 1.54) is 11.6 Å². The predicted octanol–water partition coefficient (Wildman–Crippen LogP) is 3.50. The SMILES string of the molecule is CNc1cccc(CN(C)c2cccc(F)c2)c1. The maximum atomic E-state index is 13.1. The van der Waals surface area contributed by atoms with Crippen LogP contribution in [0.4, 0.5) is 15.8 Å². The summed E-state index contributed by atoms with van der Waals surface area (Å²) < 4.78 is 13.1. The Morgan fingerprint density at radius 3 is 2.61 bits per heavy atom. The molecule has 18 heavy (non-hydrogen) atoms. The van der Waals surface area contributed by atoms with Crippen molar-refractivity contribution in [3.05, 3.63) is 59.9 Å². The van der Waals surface area contributed by atoms with Gasteiger partial charge in [0, 0.05) is 32.0 Å². The maximum Gasteiger partial charge on any atom is 0.125 e. The minimum Gasteiger partial charge on any atom is -0.388 e. The van der Waals surface area contributed by atoms with Crippen LogP contribution in [0.3, 0.4) is 0 Å². The Morgan fingerprint density at radius 1 is 1.11 bits per heavy atom. The lowest BCUT2D eigenvalue weighted by molar-refractivity contribution is 0.627. The number of halogens is 1. The summed E-state index contributed by atoms with van der Waals surface area (Å²) >= 11 is 0. The summed E-state index contributed by atoms with van der Waals surface area (Å²) in [5.41, 5.74) is 3.15. The van der Waals surface area contributed by atoms with Crippen LogP contribution in [0, 0.1) is 5.82 Å².